The Kier molecular flexibility index (Phi) is 4.74. The average Bonchev–Trinajstić information content (AvgIpc) is 2.50. The Morgan fingerprint density at radius 2 is 1.91 bits per heavy atom. The summed E-state index contributed by atoms with van der Waals surface area (Å²) in [7, 11) is 0. The SMILES string of the molecule is CCOc1ccc(-c2ccc(C#N)c(=O)n2CC(C)=O)cc1. The second-order valence-electron chi connectivity index (χ2n) is 4.79. The molecule has 1 aromatic carbocycles. The number of ketones is 1. The molecule has 1 heterocycles. The number of hydrogen-bond acceptors (Lipinski definition) is 4. The highest BCUT2D eigenvalue weighted by atomic mass is 16.5. The molecule has 0 saturated carbocycles. The Morgan fingerprint density at radius 3 is 2.45 bits per heavy atom. The summed E-state index contributed by atoms with van der Waals surface area (Å²) in [5, 5.41) is 8.97. The Bertz CT molecular complexity index is 783. The smallest absolute Gasteiger partial charge is 0.269 e. The van der Waals surface area contributed by atoms with Gasteiger partial charge in [0, 0.05) is 0 Å². The number of carbonyl (C=O) groups excluding carboxylic acids is 1. The van der Waals surface area contributed by atoms with E-state index in [-0.39, 0.29) is 17.9 Å². The van der Waals surface area contributed by atoms with Gasteiger partial charge in [-0.1, -0.05) is 0 Å². The highest BCUT2D eigenvalue weighted by molar-refractivity contribution is 5.76. The van der Waals surface area contributed by atoms with Gasteiger partial charge in [-0.2, -0.15) is 5.26 Å². The van der Waals surface area contributed by atoms with E-state index < -0.39 is 5.56 Å². The van der Waals surface area contributed by atoms with Crippen LogP contribution in [0.1, 0.15) is 19.4 Å². The molecule has 5 heteroatoms. The molecule has 22 heavy (non-hydrogen) atoms. The lowest BCUT2D eigenvalue weighted by molar-refractivity contribution is -0.117. The van der Waals surface area contributed by atoms with Crippen LogP contribution < -0.4 is 10.3 Å². The van der Waals surface area contributed by atoms with E-state index in [0.29, 0.717) is 12.3 Å². The number of pyridine rings is 1. The maximum absolute atomic E-state index is 12.3. The first-order chi connectivity index (χ1) is 10.6. The lowest BCUT2D eigenvalue weighted by Gasteiger charge is -2.12. The summed E-state index contributed by atoms with van der Waals surface area (Å²) in [4.78, 5) is 23.7. The van der Waals surface area contributed by atoms with Crippen LogP contribution >= 0.6 is 0 Å². The zero-order chi connectivity index (χ0) is 16.1. The van der Waals surface area contributed by atoms with Gasteiger partial charge in [0.05, 0.1) is 18.8 Å². The summed E-state index contributed by atoms with van der Waals surface area (Å²) >= 11 is 0. The fourth-order valence-electron chi connectivity index (χ4n) is 2.18. The predicted molar refractivity (Wildman–Crippen MR) is 82.7 cm³/mol. The second kappa shape index (κ2) is 6.72. The molecule has 0 fully saturated rings. The van der Waals surface area contributed by atoms with Gasteiger partial charge in [0.1, 0.15) is 23.2 Å². The Hall–Kier alpha value is -2.87. The van der Waals surface area contributed by atoms with E-state index in [1.165, 1.54) is 17.6 Å². The number of hydrogen-bond donors (Lipinski definition) is 0. The minimum Gasteiger partial charge on any atom is -0.494 e. The summed E-state index contributed by atoms with van der Waals surface area (Å²) in [6.07, 6.45) is 0. The van der Waals surface area contributed by atoms with Crippen LogP contribution in [0, 0.1) is 11.3 Å². The third-order valence-corrected chi connectivity index (χ3v) is 3.14. The minimum atomic E-state index is -0.455. The van der Waals surface area contributed by atoms with Crippen LogP contribution in [0.5, 0.6) is 5.75 Å². The molecule has 0 spiro atoms. The summed E-state index contributed by atoms with van der Waals surface area (Å²) in [6, 6.07) is 12.3. The van der Waals surface area contributed by atoms with Crippen molar-refractivity contribution >= 4 is 5.78 Å². The van der Waals surface area contributed by atoms with Crippen molar-refractivity contribution < 1.29 is 9.53 Å². The molecule has 5 nitrogen and oxygen atoms in total. The molecule has 0 saturated heterocycles. The largest absolute Gasteiger partial charge is 0.494 e. The first-order valence-corrected chi connectivity index (χ1v) is 6.93. The molecule has 0 amide bonds. The van der Waals surface area contributed by atoms with Gasteiger partial charge in [-0.15, -0.1) is 0 Å². The van der Waals surface area contributed by atoms with Crippen molar-refractivity contribution in [1.29, 1.82) is 5.26 Å². The molecular formula is C17H16N2O3. The molecular weight excluding hydrogens is 280 g/mol. The van der Waals surface area contributed by atoms with Gasteiger partial charge in [0.2, 0.25) is 0 Å². The van der Waals surface area contributed by atoms with Gasteiger partial charge in [0.15, 0.2) is 0 Å². The molecule has 0 bridgehead atoms. The first-order valence-electron chi connectivity index (χ1n) is 6.93. The summed E-state index contributed by atoms with van der Waals surface area (Å²) in [5.41, 5.74) is 0.952. The van der Waals surface area contributed by atoms with Crippen LogP contribution in [-0.2, 0) is 11.3 Å². The number of aromatic nitrogens is 1. The fourth-order valence-corrected chi connectivity index (χ4v) is 2.18. The molecule has 0 unspecified atom stereocenters. The van der Waals surface area contributed by atoms with Crippen molar-refractivity contribution in [3.8, 4) is 23.1 Å². The van der Waals surface area contributed by atoms with Gasteiger partial charge < -0.3 is 4.74 Å². The monoisotopic (exact) mass is 296 g/mol. The number of nitrogens with zero attached hydrogens (tertiary/aromatic N) is 2. The molecule has 112 valence electrons. The van der Waals surface area contributed by atoms with Gasteiger partial charge in [0.25, 0.3) is 5.56 Å². The van der Waals surface area contributed by atoms with E-state index in [4.69, 9.17) is 10.00 Å². The third kappa shape index (κ3) is 3.23. The summed E-state index contributed by atoms with van der Waals surface area (Å²) in [6.45, 7) is 3.83. The molecule has 2 rings (SSSR count). The normalized spacial score (nSPS) is 10.0. The third-order valence-electron chi connectivity index (χ3n) is 3.14. The van der Waals surface area contributed by atoms with E-state index in [9.17, 15) is 9.59 Å². The molecule has 0 N–H and O–H groups in total. The van der Waals surface area contributed by atoms with Crippen molar-refractivity contribution in [2.24, 2.45) is 0 Å². The number of rotatable bonds is 5. The van der Waals surface area contributed by atoms with E-state index >= 15 is 0 Å². The van der Waals surface area contributed by atoms with E-state index in [2.05, 4.69) is 0 Å². The molecule has 0 atom stereocenters. The minimum absolute atomic E-state index is 0.0240. The maximum atomic E-state index is 12.3. The van der Waals surface area contributed by atoms with Gasteiger partial charge in [-0.25, -0.2) is 0 Å². The Labute approximate surface area is 128 Å². The van der Waals surface area contributed by atoms with Gasteiger partial charge >= 0.3 is 0 Å². The number of benzene rings is 1. The van der Waals surface area contributed by atoms with Crippen LogP contribution in [-0.4, -0.2) is 17.0 Å². The van der Waals surface area contributed by atoms with Crippen LogP contribution in [0.25, 0.3) is 11.3 Å². The first kappa shape index (κ1) is 15.5. The fraction of sp³-hybridized carbons (Fsp3) is 0.235. The van der Waals surface area contributed by atoms with Crippen molar-refractivity contribution in [2.45, 2.75) is 20.4 Å². The molecule has 0 radical (unpaired) electrons. The highest BCUT2D eigenvalue weighted by Gasteiger charge is 2.12. The Morgan fingerprint density at radius 1 is 1.23 bits per heavy atom. The summed E-state index contributed by atoms with van der Waals surface area (Å²) < 4.78 is 6.72. The van der Waals surface area contributed by atoms with Crippen molar-refractivity contribution in [3.05, 3.63) is 52.3 Å². The molecule has 2 aromatic rings. The zero-order valence-corrected chi connectivity index (χ0v) is 12.5. The van der Waals surface area contributed by atoms with Crippen LogP contribution in [0.15, 0.2) is 41.2 Å². The lowest BCUT2D eigenvalue weighted by Crippen LogP contribution is -2.26. The number of Topliss-reactive ketones (excluding diaryl/α,β-unsaturated/α-hetero) is 1. The summed E-state index contributed by atoms with van der Waals surface area (Å²) in [5.74, 6) is 0.588. The molecule has 0 aliphatic rings. The van der Waals surface area contributed by atoms with Crippen molar-refractivity contribution in [1.82, 2.24) is 4.57 Å². The Balaban J connectivity index is 2.54. The second-order valence-corrected chi connectivity index (χ2v) is 4.79. The van der Waals surface area contributed by atoms with Crippen LogP contribution in [0.2, 0.25) is 0 Å². The maximum Gasteiger partial charge on any atom is 0.269 e. The van der Waals surface area contributed by atoms with E-state index in [1.54, 1.807) is 18.2 Å². The van der Waals surface area contributed by atoms with E-state index in [1.807, 2.05) is 25.1 Å². The molecule has 0 aliphatic heterocycles. The lowest BCUT2D eigenvalue weighted by atomic mass is 10.1. The zero-order valence-electron chi connectivity index (χ0n) is 12.5. The average molecular weight is 296 g/mol. The van der Waals surface area contributed by atoms with Crippen LogP contribution in [0.4, 0.5) is 0 Å². The number of ether oxygens (including phenoxy) is 1. The number of nitriles is 1. The molecule has 0 aliphatic carbocycles. The van der Waals surface area contributed by atoms with Crippen molar-refractivity contribution in [3.63, 3.8) is 0 Å². The van der Waals surface area contributed by atoms with E-state index in [0.717, 1.165) is 11.3 Å². The quantitative estimate of drug-likeness (QED) is 0.849. The number of carbonyl (C=O) groups is 1. The van der Waals surface area contributed by atoms with Crippen molar-refractivity contribution in [2.75, 3.05) is 6.61 Å². The standard InChI is InChI=1S/C17H16N2O3/c1-3-22-15-7-4-13(5-8-15)16-9-6-14(10-18)17(21)19(16)11-12(2)20/h4-9H,3,11H2,1-2H3. The highest BCUT2D eigenvalue weighted by Crippen LogP contribution is 2.22. The van der Waals surface area contributed by atoms with Crippen LogP contribution in [0.3, 0.4) is 0 Å². The topological polar surface area (TPSA) is 72.1 Å². The molecule has 1 aromatic heterocycles. The van der Waals surface area contributed by atoms with Gasteiger partial charge in [-0.3, -0.25) is 14.2 Å². The predicted octanol–water partition coefficient (Wildman–Crippen LogP) is 2.37. The van der Waals surface area contributed by atoms with Gasteiger partial charge in [-0.05, 0) is 55.8 Å².